The van der Waals surface area contributed by atoms with Crippen LogP contribution in [0.3, 0.4) is 0 Å². The van der Waals surface area contributed by atoms with E-state index in [1.807, 2.05) is 49.6 Å². The molecule has 36 heavy (non-hydrogen) atoms. The lowest BCUT2D eigenvalue weighted by atomic mass is 10.1. The van der Waals surface area contributed by atoms with Crippen LogP contribution in [-0.2, 0) is 4.79 Å². The van der Waals surface area contributed by atoms with Gasteiger partial charge in [-0.25, -0.2) is 4.98 Å². The van der Waals surface area contributed by atoms with Crippen molar-refractivity contribution in [1.29, 1.82) is 0 Å². The molecule has 0 bridgehead atoms. The summed E-state index contributed by atoms with van der Waals surface area (Å²) in [7, 11) is 4.71. The van der Waals surface area contributed by atoms with Crippen molar-refractivity contribution >= 4 is 46.5 Å². The van der Waals surface area contributed by atoms with Crippen LogP contribution in [0.2, 0.25) is 0 Å². The number of aromatic nitrogens is 1. The number of carbonyl (C=O) groups is 1. The van der Waals surface area contributed by atoms with E-state index in [-0.39, 0.29) is 18.3 Å². The minimum Gasteiger partial charge on any atom is -0.494 e. The summed E-state index contributed by atoms with van der Waals surface area (Å²) in [6.07, 6.45) is 2.57. The Morgan fingerprint density at radius 3 is 2.25 bits per heavy atom. The molecule has 0 aliphatic carbocycles. The van der Waals surface area contributed by atoms with Crippen molar-refractivity contribution in [2.75, 3.05) is 45.3 Å². The molecular formula is C25H32ClN3O5S2. The van der Waals surface area contributed by atoms with Gasteiger partial charge in [-0.15, -0.1) is 12.4 Å². The fourth-order valence-electron chi connectivity index (χ4n) is 3.43. The van der Waals surface area contributed by atoms with Gasteiger partial charge in [0.1, 0.15) is 5.75 Å². The van der Waals surface area contributed by atoms with E-state index >= 15 is 0 Å². The molecule has 3 rings (SSSR count). The van der Waals surface area contributed by atoms with Gasteiger partial charge in [-0.3, -0.25) is 4.79 Å². The maximum atomic E-state index is 12.7. The van der Waals surface area contributed by atoms with Crippen molar-refractivity contribution in [3.05, 3.63) is 36.4 Å². The van der Waals surface area contributed by atoms with Gasteiger partial charge in [-0.2, -0.15) is 11.8 Å². The molecule has 196 valence electrons. The van der Waals surface area contributed by atoms with Crippen LogP contribution in [-0.4, -0.2) is 56.9 Å². The Bertz CT molecular complexity index is 1120. The first-order valence-corrected chi connectivity index (χ1v) is 13.3. The number of rotatable bonds is 12. The van der Waals surface area contributed by atoms with Crippen molar-refractivity contribution in [3.8, 4) is 44.7 Å². The highest BCUT2D eigenvalue weighted by Crippen LogP contribution is 2.46. The van der Waals surface area contributed by atoms with Gasteiger partial charge < -0.3 is 30.0 Å². The Kier molecular flexibility index (Phi) is 11.6. The number of nitrogens with two attached hydrogens (primary N) is 1. The molecule has 0 spiro atoms. The summed E-state index contributed by atoms with van der Waals surface area (Å²) >= 11 is 3.01. The second-order valence-electron chi connectivity index (χ2n) is 7.45. The molecule has 0 saturated heterocycles. The number of thiazole rings is 1. The van der Waals surface area contributed by atoms with Crippen LogP contribution in [0.4, 0.5) is 5.13 Å². The number of hydrogen-bond donors (Lipinski definition) is 2. The van der Waals surface area contributed by atoms with Crippen LogP contribution < -0.4 is 30.0 Å². The van der Waals surface area contributed by atoms with E-state index in [0.717, 1.165) is 27.5 Å². The van der Waals surface area contributed by atoms with Crippen LogP contribution >= 0.6 is 35.5 Å². The van der Waals surface area contributed by atoms with Crippen molar-refractivity contribution in [3.63, 3.8) is 0 Å². The predicted octanol–water partition coefficient (Wildman–Crippen LogP) is 5.34. The molecule has 1 amide bonds. The minimum atomic E-state index is -0.607. The van der Waals surface area contributed by atoms with Crippen LogP contribution in [0.25, 0.3) is 21.7 Å². The number of nitrogens with one attached hydrogen (secondary N) is 1. The molecule has 0 fully saturated rings. The van der Waals surface area contributed by atoms with E-state index in [2.05, 4.69) is 5.32 Å². The number of benzene rings is 2. The summed E-state index contributed by atoms with van der Waals surface area (Å²) in [5.74, 6) is 2.87. The van der Waals surface area contributed by atoms with E-state index < -0.39 is 6.04 Å². The van der Waals surface area contributed by atoms with Crippen LogP contribution in [0.15, 0.2) is 36.4 Å². The van der Waals surface area contributed by atoms with E-state index in [1.165, 1.54) is 11.3 Å². The van der Waals surface area contributed by atoms with Gasteiger partial charge >= 0.3 is 0 Å². The average molecular weight is 554 g/mol. The highest BCUT2D eigenvalue weighted by molar-refractivity contribution is 7.98. The smallest absolute Gasteiger partial charge is 0.243 e. The second kappa shape index (κ2) is 14.2. The minimum absolute atomic E-state index is 0. The summed E-state index contributed by atoms with van der Waals surface area (Å²) < 4.78 is 22.1. The molecule has 0 aliphatic heterocycles. The van der Waals surface area contributed by atoms with Crippen molar-refractivity contribution in [2.45, 2.75) is 19.4 Å². The van der Waals surface area contributed by atoms with Crippen LogP contribution in [0.5, 0.6) is 23.0 Å². The number of hydrogen-bond acceptors (Lipinski definition) is 9. The third kappa shape index (κ3) is 6.97. The third-order valence-electron chi connectivity index (χ3n) is 5.19. The molecule has 0 aliphatic rings. The number of amides is 1. The van der Waals surface area contributed by atoms with E-state index in [9.17, 15) is 4.79 Å². The van der Waals surface area contributed by atoms with Gasteiger partial charge in [-0.1, -0.05) is 11.3 Å². The van der Waals surface area contributed by atoms with Gasteiger partial charge in [0.25, 0.3) is 0 Å². The van der Waals surface area contributed by atoms with Gasteiger partial charge in [0.2, 0.25) is 11.7 Å². The normalized spacial score (nSPS) is 11.3. The molecule has 8 nitrogen and oxygen atoms in total. The number of methoxy groups -OCH3 is 3. The standard InChI is InChI=1S/C25H31N3O5S2.ClH/c1-6-33-17-9-7-15(8-10-17)21-23(16-13-19(30-2)22(32-4)20(14-16)31-3)35-25(27-21)28-24(29)18(26)11-12-34-5;/h7-10,13-14,18H,6,11-12,26H2,1-5H3,(H,27,28,29);1H/t18-;/m0./s1. The molecule has 1 heterocycles. The first-order valence-electron chi connectivity index (χ1n) is 11.0. The maximum absolute atomic E-state index is 12.7. The number of ether oxygens (including phenoxy) is 4. The van der Waals surface area contributed by atoms with Crippen molar-refractivity contribution < 1.29 is 23.7 Å². The molecule has 3 N–H and O–H groups in total. The van der Waals surface area contributed by atoms with Gasteiger partial charge in [0.05, 0.1) is 44.5 Å². The zero-order valence-corrected chi connectivity index (χ0v) is 23.4. The fraction of sp³-hybridized carbons (Fsp3) is 0.360. The monoisotopic (exact) mass is 553 g/mol. The summed E-state index contributed by atoms with van der Waals surface area (Å²) in [6, 6.07) is 10.8. The number of thioether (sulfide) groups is 1. The number of halogens is 1. The Labute approximate surface area is 226 Å². The van der Waals surface area contributed by atoms with Crippen LogP contribution in [0.1, 0.15) is 13.3 Å². The Morgan fingerprint density at radius 2 is 1.72 bits per heavy atom. The Morgan fingerprint density at radius 1 is 1.08 bits per heavy atom. The van der Waals surface area contributed by atoms with Crippen LogP contribution in [0, 0.1) is 0 Å². The van der Waals surface area contributed by atoms with Crippen molar-refractivity contribution in [1.82, 2.24) is 4.98 Å². The molecule has 3 aromatic rings. The largest absolute Gasteiger partial charge is 0.494 e. The maximum Gasteiger partial charge on any atom is 0.243 e. The quantitative estimate of drug-likeness (QED) is 0.309. The SMILES string of the molecule is CCOc1ccc(-c2nc(NC(=O)[C@@H](N)CCSC)sc2-c2cc(OC)c(OC)c(OC)c2)cc1.Cl. The summed E-state index contributed by atoms with van der Waals surface area (Å²) in [5.41, 5.74) is 8.46. The molecule has 11 heteroatoms. The zero-order chi connectivity index (χ0) is 25.4. The molecule has 0 saturated carbocycles. The van der Waals surface area contributed by atoms with Crippen molar-refractivity contribution in [2.24, 2.45) is 5.73 Å². The van der Waals surface area contributed by atoms with E-state index in [4.69, 9.17) is 29.7 Å². The van der Waals surface area contributed by atoms with E-state index in [1.54, 1.807) is 33.1 Å². The lowest BCUT2D eigenvalue weighted by Gasteiger charge is -2.14. The molecular weight excluding hydrogens is 522 g/mol. The van der Waals surface area contributed by atoms with Gasteiger partial charge in [-0.05, 0) is 61.8 Å². The number of anilines is 1. The molecule has 1 atom stereocenters. The predicted molar refractivity (Wildman–Crippen MR) is 151 cm³/mol. The van der Waals surface area contributed by atoms with Gasteiger partial charge in [0.15, 0.2) is 16.6 Å². The second-order valence-corrected chi connectivity index (χ2v) is 9.43. The molecule has 0 unspecified atom stereocenters. The number of carbonyl (C=O) groups excluding carboxylic acids is 1. The lowest BCUT2D eigenvalue weighted by Crippen LogP contribution is -2.36. The summed E-state index contributed by atoms with van der Waals surface area (Å²) in [5, 5.41) is 3.35. The topological polar surface area (TPSA) is 105 Å². The lowest BCUT2D eigenvalue weighted by molar-refractivity contribution is -0.117. The van der Waals surface area contributed by atoms with Gasteiger partial charge in [0, 0.05) is 11.1 Å². The third-order valence-corrected chi connectivity index (χ3v) is 6.86. The summed E-state index contributed by atoms with van der Waals surface area (Å²) in [4.78, 5) is 18.3. The average Bonchev–Trinajstić information content (AvgIpc) is 3.30. The zero-order valence-electron chi connectivity index (χ0n) is 21.0. The highest BCUT2D eigenvalue weighted by Gasteiger charge is 2.22. The number of nitrogens with zero attached hydrogens (tertiary/aromatic N) is 1. The fourth-order valence-corrected chi connectivity index (χ4v) is 4.89. The van der Waals surface area contributed by atoms with E-state index in [0.29, 0.717) is 41.1 Å². The molecule has 0 radical (unpaired) electrons. The Balaban J connectivity index is 0.00000456. The highest BCUT2D eigenvalue weighted by atomic mass is 35.5. The first kappa shape index (κ1) is 29.6. The first-order chi connectivity index (χ1) is 16.9. The molecule has 2 aromatic carbocycles. The summed E-state index contributed by atoms with van der Waals surface area (Å²) in [6.45, 7) is 2.52. The molecule has 1 aromatic heterocycles. The Hall–Kier alpha value is -2.66.